The van der Waals surface area contributed by atoms with E-state index in [4.69, 9.17) is 11.6 Å². The van der Waals surface area contributed by atoms with E-state index >= 15 is 0 Å². The molecule has 3 aromatic rings. The number of hydrogen-bond donors (Lipinski definition) is 0. The molecule has 0 unspecified atom stereocenters. The minimum absolute atomic E-state index is 0.263. The van der Waals surface area contributed by atoms with Gasteiger partial charge in [0.05, 0.1) is 5.69 Å². The van der Waals surface area contributed by atoms with Crippen molar-refractivity contribution in [1.82, 2.24) is 19.2 Å². The van der Waals surface area contributed by atoms with Crippen molar-refractivity contribution >= 4 is 23.2 Å². The highest BCUT2D eigenvalue weighted by atomic mass is 35.5. The fourth-order valence-corrected chi connectivity index (χ4v) is 3.54. The number of nitrogens with zero attached hydrogens (tertiary/aromatic N) is 5. The van der Waals surface area contributed by atoms with E-state index in [-0.39, 0.29) is 5.69 Å². The average Bonchev–Trinajstić information content (AvgIpc) is 2.78. The average molecular weight is 426 g/mol. The summed E-state index contributed by atoms with van der Waals surface area (Å²) >= 11 is 5.94. The van der Waals surface area contributed by atoms with Gasteiger partial charge in [-0.1, -0.05) is 29.8 Å². The molecular formula is C21H20ClN5O3. The monoisotopic (exact) mass is 425 g/mol. The quantitative estimate of drug-likeness (QED) is 0.636. The number of halogens is 1. The van der Waals surface area contributed by atoms with Crippen LogP contribution in [0.4, 0.5) is 5.69 Å². The highest BCUT2D eigenvalue weighted by molar-refractivity contribution is 6.30. The van der Waals surface area contributed by atoms with Gasteiger partial charge < -0.3 is 9.80 Å². The number of carbonyl (C=O) groups excluding carboxylic acids is 1. The Morgan fingerprint density at radius 1 is 0.900 bits per heavy atom. The van der Waals surface area contributed by atoms with Gasteiger partial charge in [-0.15, -0.1) is 0 Å². The second-order valence-electron chi connectivity index (χ2n) is 7.00. The molecule has 0 spiro atoms. The highest BCUT2D eigenvalue weighted by Gasteiger charge is 2.27. The summed E-state index contributed by atoms with van der Waals surface area (Å²) < 4.78 is 2.00. The molecule has 1 aromatic heterocycles. The van der Waals surface area contributed by atoms with E-state index in [0.717, 1.165) is 14.9 Å². The molecule has 0 atom stereocenters. The Morgan fingerprint density at radius 3 is 2.17 bits per heavy atom. The molecule has 1 amide bonds. The lowest BCUT2D eigenvalue weighted by Crippen LogP contribution is -2.51. The van der Waals surface area contributed by atoms with Crippen molar-refractivity contribution in [3.63, 3.8) is 0 Å². The Kier molecular flexibility index (Phi) is 5.41. The lowest BCUT2D eigenvalue weighted by atomic mass is 10.2. The van der Waals surface area contributed by atoms with Gasteiger partial charge in [-0.3, -0.25) is 14.2 Å². The van der Waals surface area contributed by atoms with E-state index in [9.17, 15) is 14.4 Å². The molecule has 0 bridgehead atoms. The van der Waals surface area contributed by atoms with Gasteiger partial charge >= 0.3 is 5.69 Å². The molecule has 9 heteroatoms. The summed E-state index contributed by atoms with van der Waals surface area (Å²) in [6.07, 6.45) is 0. The first kappa shape index (κ1) is 19.9. The van der Waals surface area contributed by atoms with Gasteiger partial charge in [0.15, 0.2) is 0 Å². The van der Waals surface area contributed by atoms with Crippen LogP contribution in [0.15, 0.2) is 64.2 Å². The van der Waals surface area contributed by atoms with Gasteiger partial charge in [-0.05, 0) is 36.4 Å². The summed E-state index contributed by atoms with van der Waals surface area (Å²) in [5, 5.41) is 4.79. The molecule has 154 valence electrons. The molecule has 2 aromatic carbocycles. The third-order valence-corrected chi connectivity index (χ3v) is 5.39. The molecule has 1 aliphatic heterocycles. The Labute approximate surface area is 177 Å². The molecule has 1 fully saturated rings. The van der Waals surface area contributed by atoms with Crippen molar-refractivity contribution in [2.75, 3.05) is 31.1 Å². The van der Waals surface area contributed by atoms with Crippen LogP contribution in [0.1, 0.15) is 10.5 Å². The van der Waals surface area contributed by atoms with E-state index in [2.05, 4.69) is 10.00 Å². The van der Waals surface area contributed by atoms with Crippen LogP contribution in [0.5, 0.6) is 0 Å². The first-order valence-electron chi connectivity index (χ1n) is 9.51. The number of amides is 1. The SMILES string of the molecule is Cn1c(=O)c(C(=O)N2CCN(c3ccc(Cl)cc3)CC2)nn(-c2ccccc2)c1=O. The maximum Gasteiger partial charge on any atom is 0.351 e. The van der Waals surface area contributed by atoms with E-state index < -0.39 is 17.2 Å². The fourth-order valence-electron chi connectivity index (χ4n) is 3.41. The maximum atomic E-state index is 13.1. The van der Waals surface area contributed by atoms with E-state index in [1.54, 1.807) is 29.2 Å². The normalized spacial score (nSPS) is 14.1. The lowest BCUT2D eigenvalue weighted by molar-refractivity contribution is 0.0735. The number of rotatable bonds is 3. The molecular weight excluding hydrogens is 406 g/mol. The van der Waals surface area contributed by atoms with Crippen LogP contribution < -0.4 is 16.1 Å². The second kappa shape index (κ2) is 8.16. The van der Waals surface area contributed by atoms with Crippen LogP contribution in [0, 0.1) is 0 Å². The predicted molar refractivity (Wildman–Crippen MR) is 115 cm³/mol. The Hall–Kier alpha value is -3.39. The van der Waals surface area contributed by atoms with Crippen molar-refractivity contribution in [2.45, 2.75) is 0 Å². The first-order chi connectivity index (χ1) is 14.5. The summed E-state index contributed by atoms with van der Waals surface area (Å²) in [5.74, 6) is -0.476. The van der Waals surface area contributed by atoms with Gasteiger partial charge in [-0.2, -0.15) is 9.78 Å². The summed E-state index contributed by atoms with van der Waals surface area (Å²) in [7, 11) is 1.35. The van der Waals surface area contributed by atoms with Gasteiger partial charge in [0.2, 0.25) is 5.69 Å². The van der Waals surface area contributed by atoms with Crippen molar-refractivity contribution < 1.29 is 4.79 Å². The van der Waals surface area contributed by atoms with Crippen LogP contribution in [0.25, 0.3) is 5.69 Å². The van der Waals surface area contributed by atoms with E-state index in [1.807, 2.05) is 30.3 Å². The second-order valence-corrected chi connectivity index (χ2v) is 7.43. The number of aromatic nitrogens is 3. The van der Waals surface area contributed by atoms with Crippen molar-refractivity contribution in [3.8, 4) is 5.69 Å². The van der Waals surface area contributed by atoms with E-state index in [1.165, 1.54) is 7.05 Å². The molecule has 30 heavy (non-hydrogen) atoms. The molecule has 2 heterocycles. The largest absolute Gasteiger partial charge is 0.368 e. The summed E-state index contributed by atoms with van der Waals surface area (Å²) in [6.45, 7) is 2.12. The van der Waals surface area contributed by atoms with Crippen LogP contribution in [-0.2, 0) is 7.05 Å². The molecule has 8 nitrogen and oxygen atoms in total. The molecule has 1 aliphatic rings. The predicted octanol–water partition coefficient (Wildman–Crippen LogP) is 1.55. The zero-order valence-corrected chi connectivity index (χ0v) is 17.1. The van der Waals surface area contributed by atoms with Crippen molar-refractivity contribution in [3.05, 3.63) is 86.2 Å². The zero-order valence-electron chi connectivity index (χ0n) is 16.4. The van der Waals surface area contributed by atoms with Gasteiger partial charge in [0.25, 0.3) is 11.5 Å². The first-order valence-corrected chi connectivity index (χ1v) is 9.89. The Balaban J connectivity index is 1.58. The standard InChI is InChI=1S/C21H20ClN5O3/c1-24-19(28)18(23-27(21(24)30)17-5-3-2-4-6-17)20(29)26-13-11-25(12-14-26)16-9-7-15(22)8-10-16/h2-10H,11-14H2,1H3. The van der Waals surface area contributed by atoms with Gasteiger partial charge in [0, 0.05) is 43.9 Å². The molecule has 1 saturated heterocycles. The van der Waals surface area contributed by atoms with Crippen LogP contribution in [0.2, 0.25) is 5.02 Å². The van der Waals surface area contributed by atoms with Crippen LogP contribution >= 0.6 is 11.6 Å². The van der Waals surface area contributed by atoms with E-state index in [0.29, 0.717) is 36.9 Å². The maximum absolute atomic E-state index is 13.1. The fraction of sp³-hybridized carbons (Fsp3) is 0.238. The lowest BCUT2D eigenvalue weighted by Gasteiger charge is -2.35. The van der Waals surface area contributed by atoms with Crippen LogP contribution in [-0.4, -0.2) is 51.3 Å². The molecule has 4 rings (SSSR count). The highest BCUT2D eigenvalue weighted by Crippen LogP contribution is 2.19. The molecule has 0 N–H and O–H groups in total. The minimum Gasteiger partial charge on any atom is -0.368 e. The zero-order chi connectivity index (χ0) is 21.3. The summed E-state index contributed by atoms with van der Waals surface area (Å²) in [5.41, 5.74) is -0.0496. The number of carbonyl (C=O) groups is 1. The molecule has 0 radical (unpaired) electrons. The topological polar surface area (TPSA) is 80.4 Å². The van der Waals surface area contributed by atoms with Gasteiger partial charge in [0.1, 0.15) is 0 Å². The van der Waals surface area contributed by atoms with Gasteiger partial charge in [-0.25, -0.2) is 4.79 Å². The number of para-hydroxylation sites is 1. The number of benzene rings is 2. The van der Waals surface area contributed by atoms with Crippen LogP contribution in [0.3, 0.4) is 0 Å². The summed E-state index contributed by atoms with van der Waals surface area (Å²) in [4.78, 5) is 41.9. The smallest absolute Gasteiger partial charge is 0.351 e. The number of anilines is 1. The Morgan fingerprint density at radius 2 is 1.53 bits per heavy atom. The third kappa shape index (κ3) is 3.73. The van der Waals surface area contributed by atoms with Crippen molar-refractivity contribution in [1.29, 1.82) is 0 Å². The van der Waals surface area contributed by atoms with Crippen molar-refractivity contribution in [2.24, 2.45) is 7.05 Å². The molecule has 0 aliphatic carbocycles. The number of hydrogen-bond acceptors (Lipinski definition) is 5. The number of piperazine rings is 1. The Bertz CT molecular complexity index is 1180. The minimum atomic E-state index is -0.697. The third-order valence-electron chi connectivity index (χ3n) is 5.14. The summed E-state index contributed by atoms with van der Waals surface area (Å²) in [6, 6.07) is 16.2. The molecule has 0 saturated carbocycles.